The molecule has 1 fully saturated rings. The average Bonchev–Trinajstić information content (AvgIpc) is 2.70. The second-order valence-electron chi connectivity index (χ2n) is 8.20. The van der Waals surface area contributed by atoms with Crippen molar-refractivity contribution in [2.75, 3.05) is 13.1 Å². The molecular formula is C25H45NO. The summed E-state index contributed by atoms with van der Waals surface area (Å²) >= 11 is 0. The van der Waals surface area contributed by atoms with Gasteiger partial charge in [0.05, 0.1) is 0 Å². The Balaban J connectivity index is 1.82. The number of likely N-dealkylation sites (tertiary alicyclic amines) is 1. The fourth-order valence-electron chi connectivity index (χ4n) is 3.81. The number of piperidine rings is 1. The number of carbonyl (C=O) groups is 1. The lowest BCUT2D eigenvalue weighted by molar-refractivity contribution is -0.126. The first-order valence-corrected chi connectivity index (χ1v) is 12.0. The molecule has 2 nitrogen and oxygen atoms in total. The molecule has 0 N–H and O–H groups in total. The van der Waals surface area contributed by atoms with E-state index in [1.54, 1.807) is 6.08 Å². The second kappa shape index (κ2) is 18.3. The molecule has 1 heterocycles. The first-order chi connectivity index (χ1) is 13.3. The number of rotatable bonds is 16. The van der Waals surface area contributed by atoms with E-state index in [0.29, 0.717) is 0 Å². The van der Waals surface area contributed by atoms with Crippen LogP contribution in [0, 0.1) is 0 Å². The molecule has 0 spiro atoms. The summed E-state index contributed by atoms with van der Waals surface area (Å²) in [4.78, 5) is 13.9. The fraction of sp³-hybridized carbons (Fsp3) is 0.800. The lowest BCUT2D eigenvalue weighted by atomic mass is 10.0. The predicted octanol–water partition coefficient (Wildman–Crippen LogP) is 7.59. The molecule has 0 aliphatic carbocycles. The molecular weight excluding hydrogens is 330 g/mol. The zero-order valence-corrected chi connectivity index (χ0v) is 18.1. The molecule has 1 amide bonds. The SMILES string of the molecule is CCCCCCCCCCCCCCC/C=C/C=C\C(=O)N1CCCCC1. The lowest BCUT2D eigenvalue weighted by Crippen LogP contribution is -2.34. The quantitative estimate of drug-likeness (QED) is 0.154. The van der Waals surface area contributed by atoms with Crippen LogP contribution in [0.2, 0.25) is 0 Å². The van der Waals surface area contributed by atoms with Gasteiger partial charge in [0.15, 0.2) is 0 Å². The molecule has 1 saturated heterocycles. The largest absolute Gasteiger partial charge is 0.339 e. The molecule has 0 unspecified atom stereocenters. The van der Waals surface area contributed by atoms with Crippen LogP contribution in [0.3, 0.4) is 0 Å². The van der Waals surface area contributed by atoms with Crippen LogP contribution < -0.4 is 0 Å². The van der Waals surface area contributed by atoms with Crippen molar-refractivity contribution in [3.63, 3.8) is 0 Å². The van der Waals surface area contributed by atoms with Crippen molar-refractivity contribution < 1.29 is 4.79 Å². The monoisotopic (exact) mass is 375 g/mol. The number of nitrogens with zero attached hydrogens (tertiary/aromatic N) is 1. The molecule has 1 aliphatic heterocycles. The molecule has 1 aliphatic rings. The number of carbonyl (C=O) groups excluding carboxylic acids is 1. The van der Waals surface area contributed by atoms with E-state index in [-0.39, 0.29) is 5.91 Å². The van der Waals surface area contributed by atoms with Gasteiger partial charge in [-0.05, 0) is 32.1 Å². The summed E-state index contributed by atoms with van der Waals surface area (Å²) in [7, 11) is 0. The minimum atomic E-state index is 0.181. The zero-order valence-electron chi connectivity index (χ0n) is 18.1. The maximum absolute atomic E-state index is 12.0. The fourth-order valence-corrected chi connectivity index (χ4v) is 3.81. The first-order valence-electron chi connectivity index (χ1n) is 12.0. The zero-order chi connectivity index (χ0) is 19.4. The van der Waals surface area contributed by atoms with Crippen LogP contribution in [-0.2, 0) is 4.79 Å². The van der Waals surface area contributed by atoms with Crippen molar-refractivity contribution in [2.45, 2.75) is 116 Å². The normalized spacial score (nSPS) is 15.2. The van der Waals surface area contributed by atoms with Crippen LogP contribution in [0.1, 0.15) is 116 Å². The summed E-state index contributed by atoms with van der Waals surface area (Å²) in [6, 6.07) is 0. The summed E-state index contributed by atoms with van der Waals surface area (Å²) in [5.41, 5.74) is 0. The highest BCUT2D eigenvalue weighted by atomic mass is 16.2. The van der Waals surface area contributed by atoms with Crippen molar-refractivity contribution >= 4 is 5.91 Å². The Morgan fingerprint density at radius 2 is 1.22 bits per heavy atom. The third kappa shape index (κ3) is 14.7. The number of unbranched alkanes of at least 4 members (excludes halogenated alkanes) is 13. The summed E-state index contributed by atoms with van der Waals surface area (Å²) in [6.45, 7) is 4.16. The third-order valence-corrected chi connectivity index (χ3v) is 5.63. The Bertz CT molecular complexity index is 393. The van der Waals surface area contributed by atoms with E-state index >= 15 is 0 Å². The number of hydrogen-bond acceptors (Lipinski definition) is 1. The third-order valence-electron chi connectivity index (χ3n) is 5.63. The minimum absolute atomic E-state index is 0.181. The highest BCUT2D eigenvalue weighted by Crippen LogP contribution is 2.13. The van der Waals surface area contributed by atoms with Gasteiger partial charge < -0.3 is 4.90 Å². The van der Waals surface area contributed by atoms with Crippen molar-refractivity contribution in [3.8, 4) is 0 Å². The van der Waals surface area contributed by atoms with Gasteiger partial charge in [-0.25, -0.2) is 0 Å². The van der Waals surface area contributed by atoms with Gasteiger partial charge in [0.2, 0.25) is 5.91 Å². The highest BCUT2D eigenvalue weighted by Gasteiger charge is 2.13. The van der Waals surface area contributed by atoms with Crippen LogP contribution in [0.25, 0.3) is 0 Å². The average molecular weight is 376 g/mol. The van der Waals surface area contributed by atoms with Crippen molar-refractivity contribution in [1.29, 1.82) is 0 Å². The predicted molar refractivity (Wildman–Crippen MR) is 119 cm³/mol. The molecule has 0 atom stereocenters. The number of allylic oxidation sites excluding steroid dienone is 3. The van der Waals surface area contributed by atoms with Gasteiger partial charge in [0.25, 0.3) is 0 Å². The Hall–Kier alpha value is -1.05. The molecule has 0 aromatic carbocycles. The van der Waals surface area contributed by atoms with E-state index in [9.17, 15) is 4.79 Å². The van der Waals surface area contributed by atoms with Crippen LogP contribution >= 0.6 is 0 Å². The van der Waals surface area contributed by atoms with E-state index in [1.165, 1.54) is 89.9 Å². The molecule has 0 bridgehead atoms. The molecule has 0 aromatic rings. The van der Waals surface area contributed by atoms with Gasteiger partial charge in [0, 0.05) is 19.2 Å². The van der Waals surface area contributed by atoms with E-state index in [2.05, 4.69) is 13.0 Å². The van der Waals surface area contributed by atoms with Gasteiger partial charge in [-0.1, -0.05) is 102 Å². The minimum Gasteiger partial charge on any atom is -0.339 e. The van der Waals surface area contributed by atoms with Gasteiger partial charge in [-0.2, -0.15) is 0 Å². The van der Waals surface area contributed by atoms with Crippen molar-refractivity contribution in [3.05, 3.63) is 24.3 Å². The molecule has 156 valence electrons. The molecule has 0 saturated carbocycles. The second-order valence-corrected chi connectivity index (χ2v) is 8.20. The van der Waals surface area contributed by atoms with Gasteiger partial charge in [-0.15, -0.1) is 0 Å². The first kappa shape index (κ1) is 24.0. The molecule has 2 heteroatoms. The van der Waals surface area contributed by atoms with Gasteiger partial charge in [0.1, 0.15) is 0 Å². The maximum Gasteiger partial charge on any atom is 0.246 e. The summed E-state index contributed by atoms with van der Waals surface area (Å²) < 4.78 is 0. The van der Waals surface area contributed by atoms with Crippen LogP contribution in [-0.4, -0.2) is 23.9 Å². The smallest absolute Gasteiger partial charge is 0.246 e. The van der Waals surface area contributed by atoms with E-state index in [0.717, 1.165) is 32.4 Å². The molecule has 27 heavy (non-hydrogen) atoms. The highest BCUT2D eigenvalue weighted by molar-refractivity contribution is 5.87. The summed E-state index contributed by atoms with van der Waals surface area (Å²) in [5.74, 6) is 0.181. The van der Waals surface area contributed by atoms with Gasteiger partial charge in [-0.3, -0.25) is 4.79 Å². The summed E-state index contributed by atoms with van der Waals surface area (Å²) in [5, 5.41) is 0. The van der Waals surface area contributed by atoms with Crippen LogP contribution in [0.4, 0.5) is 0 Å². The van der Waals surface area contributed by atoms with E-state index in [4.69, 9.17) is 0 Å². The van der Waals surface area contributed by atoms with Gasteiger partial charge >= 0.3 is 0 Å². The van der Waals surface area contributed by atoms with E-state index < -0.39 is 0 Å². The molecule has 1 rings (SSSR count). The number of hydrogen-bond donors (Lipinski definition) is 0. The van der Waals surface area contributed by atoms with E-state index in [1.807, 2.05) is 17.1 Å². The topological polar surface area (TPSA) is 20.3 Å². The Morgan fingerprint density at radius 3 is 1.78 bits per heavy atom. The van der Waals surface area contributed by atoms with Crippen molar-refractivity contribution in [1.82, 2.24) is 4.90 Å². The molecule has 0 radical (unpaired) electrons. The van der Waals surface area contributed by atoms with Crippen LogP contribution in [0.5, 0.6) is 0 Å². The Kier molecular flexibility index (Phi) is 16.3. The summed E-state index contributed by atoms with van der Waals surface area (Å²) in [6.07, 6.45) is 30.9. The van der Waals surface area contributed by atoms with Crippen LogP contribution in [0.15, 0.2) is 24.3 Å². The Labute approximate surface area is 169 Å². The molecule has 0 aromatic heterocycles. The maximum atomic E-state index is 12.0. The van der Waals surface area contributed by atoms with Crippen molar-refractivity contribution in [2.24, 2.45) is 0 Å². The number of amides is 1. The Morgan fingerprint density at radius 1 is 0.704 bits per heavy atom. The lowest BCUT2D eigenvalue weighted by Gasteiger charge is -2.25. The standard InChI is InChI=1S/C25H45NO/c1-2-3-4-5-6-7-8-9-10-11-12-13-14-15-16-17-19-22-25(27)26-23-20-18-21-24-26/h16-17,19,22H,2-15,18,20-21,23-24H2,1H3/b17-16+,22-19-.